The second kappa shape index (κ2) is 8.34. The quantitative estimate of drug-likeness (QED) is 0.718. The molecule has 0 aromatic rings. The number of ether oxygens (including phenoxy) is 1. The second-order valence-electron chi connectivity index (χ2n) is 4.50. The Hall–Kier alpha value is 0.230. The Morgan fingerprint density at radius 3 is 2.81 bits per heavy atom. The molecule has 16 heavy (non-hydrogen) atoms. The first-order valence-electron chi connectivity index (χ1n) is 6.20. The molecule has 0 bridgehead atoms. The lowest BCUT2D eigenvalue weighted by molar-refractivity contribution is 0.139. The van der Waals surface area contributed by atoms with Crippen molar-refractivity contribution in [2.75, 3.05) is 26.6 Å². The summed E-state index contributed by atoms with van der Waals surface area (Å²) >= 11 is 1.97. The Morgan fingerprint density at radius 2 is 2.19 bits per heavy atom. The number of rotatable bonds is 7. The lowest BCUT2D eigenvalue weighted by Crippen LogP contribution is -2.47. The van der Waals surface area contributed by atoms with Gasteiger partial charge in [-0.3, -0.25) is 0 Å². The largest absolute Gasteiger partial charge is 0.396 e. The summed E-state index contributed by atoms with van der Waals surface area (Å²) in [4.78, 5) is 0. The van der Waals surface area contributed by atoms with E-state index >= 15 is 0 Å². The molecule has 0 spiro atoms. The van der Waals surface area contributed by atoms with Crippen molar-refractivity contribution in [2.45, 2.75) is 49.4 Å². The Kier molecular flexibility index (Phi) is 7.45. The van der Waals surface area contributed by atoms with Crippen LogP contribution in [-0.4, -0.2) is 49.0 Å². The number of hydrogen-bond acceptors (Lipinski definition) is 4. The van der Waals surface area contributed by atoms with E-state index in [9.17, 15) is 0 Å². The number of aliphatic hydroxyl groups is 1. The molecule has 1 fully saturated rings. The minimum atomic E-state index is 0.234. The number of aliphatic hydroxyl groups excluding tert-OH is 1. The summed E-state index contributed by atoms with van der Waals surface area (Å²) in [7, 11) is 1.72. The van der Waals surface area contributed by atoms with Crippen LogP contribution < -0.4 is 5.32 Å². The van der Waals surface area contributed by atoms with Crippen molar-refractivity contribution in [1.82, 2.24) is 5.32 Å². The van der Waals surface area contributed by atoms with Gasteiger partial charge in [0, 0.05) is 31.1 Å². The molecule has 1 saturated carbocycles. The summed E-state index contributed by atoms with van der Waals surface area (Å²) in [5.41, 5.74) is 0. The third-order valence-corrected chi connectivity index (χ3v) is 4.47. The Balaban J connectivity index is 2.40. The number of methoxy groups -OCH3 is 1. The molecule has 1 aliphatic carbocycles. The van der Waals surface area contributed by atoms with E-state index in [1.165, 1.54) is 25.7 Å². The molecule has 2 N–H and O–H groups in total. The highest BCUT2D eigenvalue weighted by atomic mass is 32.2. The second-order valence-corrected chi connectivity index (χ2v) is 5.57. The molecule has 3 nitrogen and oxygen atoms in total. The predicted molar refractivity (Wildman–Crippen MR) is 70.1 cm³/mol. The molecule has 96 valence electrons. The van der Waals surface area contributed by atoms with E-state index in [1.54, 1.807) is 7.11 Å². The smallest absolute Gasteiger partial charge is 0.0616 e. The molecule has 4 heteroatoms. The topological polar surface area (TPSA) is 41.5 Å². The molecule has 1 aliphatic rings. The van der Waals surface area contributed by atoms with Crippen LogP contribution in [-0.2, 0) is 4.74 Å². The first-order valence-corrected chi connectivity index (χ1v) is 7.49. The summed E-state index contributed by atoms with van der Waals surface area (Å²) in [5.74, 6) is 0. The van der Waals surface area contributed by atoms with Crippen LogP contribution in [0.5, 0.6) is 0 Å². The average molecular weight is 247 g/mol. The molecule has 0 aliphatic heterocycles. The standard InChI is InChI=1S/C12H25NO2S/c1-15-9-10(7-8-14)13-11-5-3-4-6-12(11)16-2/h10-14H,3-9H2,1-2H3. The van der Waals surface area contributed by atoms with Gasteiger partial charge in [-0.15, -0.1) is 0 Å². The minimum Gasteiger partial charge on any atom is -0.396 e. The van der Waals surface area contributed by atoms with Gasteiger partial charge in [0.05, 0.1) is 6.61 Å². The van der Waals surface area contributed by atoms with Gasteiger partial charge in [-0.2, -0.15) is 11.8 Å². The van der Waals surface area contributed by atoms with Crippen LogP contribution in [0.25, 0.3) is 0 Å². The third kappa shape index (κ3) is 4.62. The molecular weight excluding hydrogens is 222 g/mol. The fourth-order valence-electron chi connectivity index (χ4n) is 2.44. The summed E-state index contributed by atoms with van der Waals surface area (Å²) in [6, 6.07) is 0.892. The van der Waals surface area contributed by atoms with Crippen molar-refractivity contribution in [3.8, 4) is 0 Å². The van der Waals surface area contributed by atoms with Gasteiger partial charge in [0.2, 0.25) is 0 Å². The van der Waals surface area contributed by atoms with Crippen LogP contribution in [0.3, 0.4) is 0 Å². The number of thioether (sulfide) groups is 1. The summed E-state index contributed by atoms with van der Waals surface area (Å²) in [5, 5.41) is 13.4. The monoisotopic (exact) mass is 247 g/mol. The fourth-order valence-corrected chi connectivity index (χ4v) is 3.39. The molecule has 0 amide bonds. The summed E-state index contributed by atoms with van der Waals surface area (Å²) in [6.45, 7) is 0.926. The Morgan fingerprint density at radius 1 is 1.44 bits per heavy atom. The van der Waals surface area contributed by atoms with Gasteiger partial charge < -0.3 is 15.2 Å². The maximum absolute atomic E-state index is 9.02. The third-order valence-electron chi connectivity index (χ3n) is 3.30. The van der Waals surface area contributed by atoms with Crippen molar-refractivity contribution in [3.63, 3.8) is 0 Å². The highest BCUT2D eigenvalue weighted by Crippen LogP contribution is 2.27. The molecule has 3 atom stereocenters. The van der Waals surface area contributed by atoms with Crippen LogP contribution in [0.2, 0.25) is 0 Å². The first-order chi connectivity index (χ1) is 7.81. The maximum atomic E-state index is 9.02. The van der Waals surface area contributed by atoms with Gasteiger partial charge in [-0.1, -0.05) is 12.8 Å². The molecular formula is C12H25NO2S. The highest BCUT2D eigenvalue weighted by Gasteiger charge is 2.26. The maximum Gasteiger partial charge on any atom is 0.0616 e. The fraction of sp³-hybridized carbons (Fsp3) is 1.00. The van der Waals surface area contributed by atoms with Gasteiger partial charge in [-0.25, -0.2) is 0 Å². The summed E-state index contributed by atoms with van der Waals surface area (Å²) < 4.78 is 5.19. The van der Waals surface area contributed by atoms with Crippen molar-refractivity contribution in [3.05, 3.63) is 0 Å². The summed E-state index contributed by atoms with van der Waals surface area (Å²) in [6.07, 6.45) is 8.24. The molecule has 3 unspecified atom stereocenters. The van der Waals surface area contributed by atoms with E-state index in [2.05, 4.69) is 11.6 Å². The van der Waals surface area contributed by atoms with E-state index in [0.717, 1.165) is 11.7 Å². The van der Waals surface area contributed by atoms with Gasteiger partial charge >= 0.3 is 0 Å². The molecule has 0 aromatic heterocycles. The Bertz CT molecular complexity index is 174. The first kappa shape index (κ1) is 14.3. The van der Waals surface area contributed by atoms with Gasteiger partial charge in [0.1, 0.15) is 0 Å². The molecule has 0 saturated heterocycles. The van der Waals surface area contributed by atoms with Crippen LogP contribution >= 0.6 is 11.8 Å². The zero-order chi connectivity index (χ0) is 11.8. The van der Waals surface area contributed by atoms with E-state index in [1.807, 2.05) is 11.8 Å². The van der Waals surface area contributed by atoms with E-state index in [0.29, 0.717) is 18.7 Å². The SMILES string of the molecule is COCC(CCO)NC1CCCCC1SC. The highest BCUT2D eigenvalue weighted by molar-refractivity contribution is 7.99. The van der Waals surface area contributed by atoms with Crippen molar-refractivity contribution in [1.29, 1.82) is 0 Å². The van der Waals surface area contributed by atoms with E-state index in [-0.39, 0.29) is 6.61 Å². The molecule has 1 rings (SSSR count). The Labute approximate surface area is 103 Å². The molecule has 0 radical (unpaired) electrons. The van der Waals surface area contributed by atoms with E-state index < -0.39 is 0 Å². The normalized spacial score (nSPS) is 27.9. The van der Waals surface area contributed by atoms with Gasteiger partial charge in [0.25, 0.3) is 0 Å². The molecule has 0 aromatic carbocycles. The lowest BCUT2D eigenvalue weighted by atomic mass is 9.94. The number of hydrogen-bond donors (Lipinski definition) is 2. The average Bonchev–Trinajstić information content (AvgIpc) is 2.30. The van der Waals surface area contributed by atoms with Crippen LogP contribution in [0.15, 0.2) is 0 Å². The minimum absolute atomic E-state index is 0.234. The zero-order valence-corrected chi connectivity index (χ0v) is 11.3. The van der Waals surface area contributed by atoms with Crippen LogP contribution in [0, 0.1) is 0 Å². The van der Waals surface area contributed by atoms with Crippen molar-refractivity contribution < 1.29 is 9.84 Å². The zero-order valence-electron chi connectivity index (χ0n) is 10.4. The van der Waals surface area contributed by atoms with Crippen molar-refractivity contribution in [2.24, 2.45) is 0 Å². The van der Waals surface area contributed by atoms with E-state index in [4.69, 9.17) is 9.84 Å². The van der Waals surface area contributed by atoms with Gasteiger partial charge in [-0.05, 0) is 25.5 Å². The van der Waals surface area contributed by atoms with Crippen LogP contribution in [0.1, 0.15) is 32.1 Å². The van der Waals surface area contributed by atoms with Crippen molar-refractivity contribution >= 4 is 11.8 Å². The van der Waals surface area contributed by atoms with Crippen LogP contribution in [0.4, 0.5) is 0 Å². The lowest BCUT2D eigenvalue weighted by Gasteiger charge is -2.34. The number of nitrogens with one attached hydrogen (secondary N) is 1. The predicted octanol–water partition coefficient (Wildman–Crippen LogP) is 1.65. The van der Waals surface area contributed by atoms with Gasteiger partial charge in [0.15, 0.2) is 0 Å². The molecule has 0 heterocycles.